The molecule has 3 atom stereocenters. The summed E-state index contributed by atoms with van der Waals surface area (Å²) in [5.41, 5.74) is 1.03. The Kier molecular flexibility index (Phi) is 13.3. The van der Waals surface area contributed by atoms with E-state index >= 15 is 0 Å². The zero-order chi connectivity index (χ0) is 35.6. The van der Waals surface area contributed by atoms with Crippen molar-refractivity contribution >= 4 is 46.7 Å². The Morgan fingerprint density at radius 3 is 1.98 bits per heavy atom. The van der Waals surface area contributed by atoms with E-state index in [4.69, 9.17) is 27.9 Å². The molecule has 3 aromatic carbocycles. The highest BCUT2D eigenvalue weighted by molar-refractivity contribution is 6.42. The second-order valence-electron chi connectivity index (χ2n) is 11.1. The van der Waals surface area contributed by atoms with Gasteiger partial charge in [0.1, 0.15) is 24.4 Å². The van der Waals surface area contributed by atoms with Gasteiger partial charge in [-0.1, -0.05) is 91.6 Å². The van der Waals surface area contributed by atoms with Crippen molar-refractivity contribution in [3.05, 3.63) is 100 Å². The quantitative estimate of drug-likeness (QED) is 0.127. The van der Waals surface area contributed by atoms with Gasteiger partial charge in [0.05, 0.1) is 22.5 Å². The second-order valence-corrected chi connectivity index (χ2v) is 11.9. The van der Waals surface area contributed by atoms with Crippen molar-refractivity contribution in [3.8, 4) is 5.75 Å². The number of para-hydroxylation sites is 1. The normalized spacial score (nSPS) is 13.6. The minimum absolute atomic E-state index is 0.142. The maximum atomic E-state index is 14.8. The van der Waals surface area contributed by atoms with Crippen LogP contribution in [0.15, 0.2) is 78.9 Å². The minimum Gasteiger partial charge on any atom is -0.485 e. The van der Waals surface area contributed by atoms with E-state index in [-0.39, 0.29) is 22.9 Å². The molecule has 0 aromatic heterocycles. The van der Waals surface area contributed by atoms with Crippen molar-refractivity contribution in [2.45, 2.75) is 57.0 Å². The average Bonchev–Trinajstić information content (AvgIpc) is 3.03. The number of ether oxygens (including phenoxy) is 1. The molecule has 0 spiro atoms. The van der Waals surface area contributed by atoms with Crippen LogP contribution in [0.3, 0.4) is 0 Å². The van der Waals surface area contributed by atoms with Crippen LogP contribution >= 0.6 is 23.2 Å². The lowest BCUT2D eigenvalue weighted by Gasteiger charge is -2.28. The van der Waals surface area contributed by atoms with Gasteiger partial charge in [0, 0.05) is 6.42 Å². The first-order valence-electron chi connectivity index (χ1n) is 14.6. The highest BCUT2D eigenvalue weighted by atomic mass is 35.5. The number of carbonyl (C=O) groups is 4. The van der Waals surface area contributed by atoms with Gasteiger partial charge in [-0.2, -0.15) is 22.0 Å². The predicted molar refractivity (Wildman–Crippen MR) is 169 cm³/mol. The van der Waals surface area contributed by atoms with Crippen LogP contribution in [0.4, 0.5) is 22.0 Å². The highest BCUT2D eigenvalue weighted by Crippen LogP contribution is 2.30. The molecule has 3 amide bonds. The van der Waals surface area contributed by atoms with Crippen LogP contribution in [0.1, 0.15) is 37.5 Å². The van der Waals surface area contributed by atoms with Gasteiger partial charge in [0.15, 0.2) is 0 Å². The van der Waals surface area contributed by atoms with Crippen LogP contribution in [0.5, 0.6) is 5.75 Å². The van der Waals surface area contributed by atoms with Crippen LogP contribution in [0.2, 0.25) is 10.0 Å². The number of hydrogen-bond donors (Lipinski definition) is 3. The molecule has 0 saturated heterocycles. The van der Waals surface area contributed by atoms with E-state index in [0.717, 1.165) is 5.32 Å². The lowest BCUT2D eigenvalue weighted by molar-refractivity contribution is -0.165. The topological polar surface area (TPSA) is 114 Å². The number of halogens is 7. The summed E-state index contributed by atoms with van der Waals surface area (Å²) in [6, 6.07) is 18.1. The van der Waals surface area contributed by atoms with Crippen molar-refractivity contribution in [2.24, 2.45) is 5.92 Å². The summed E-state index contributed by atoms with van der Waals surface area (Å²) < 4.78 is 73.1. The Morgan fingerprint density at radius 1 is 0.812 bits per heavy atom. The zero-order valence-corrected chi connectivity index (χ0v) is 27.1. The summed E-state index contributed by atoms with van der Waals surface area (Å²) in [4.78, 5) is 51.7. The molecule has 0 heterocycles. The van der Waals surface area contributed by atoms with E-state index < -0.39 is 66.3 Å². The van der Waals surface area contributed by atoms with Crippen LogP contribution < -0.4 is 20.7 Å². The van der Waals surface area contributed by atoms with Crippen LogP contribution in [0, 0.1) is 5.92 Å². The van der Waals surface area contributed by atoms with Gasteiger partial charge in [-0.15, -0.1) is 0 Å². The number of hydrogen-bond acceptors (Lipinski definition) is 5. The van der Waals surface area contributed by atoms with Gasteiger partial charge >= 0.3 is 12.1 Å². The summed E-state index contributed by atoms with van der Waals surface area (Å²) in [5.74, 6) is -11.9. The summed E-state index contributed by atoms with van der Waals surface area (Å²) in [6.07, 6.45) is -6.43. The molecule has 1 unspecified atom stereocenters. The Morgan fingerprint density at radius 2 is 1.42 bits per heavy atom. The molecular weight excluding hydrogens is 684 g/mol. The van der Waals surface area contributed by atoms with Crippen LogP contribution in [-0.2, 0) is 25.6 Å². The van der Waals surface area contributed by atoms with Gasteiger partial charge in [-0.25, -0.2) is 0 Å². The van der Waals surface area contributed by atoms with E-state index in [2.05, 4.69) is 10.6 Å². The minimum atomic E-state index is -5.01. The molecule has 3 rings (SSSR count). The van der Waals surface area contributed by atoms with Crippen molar-refractivity contribution in [1.29, 1.82) is 0 Å². The molecule has 0 saturated carbocycles. The molecule has 8 nitrogen and oxygen atoms in total. The molecule has 0 aliphatic carbocycles. The number of amides is 3. The lowest BCUT2D eigenvalue weighted by Crippen LogP contribution is -2.59. The average molecular weight is 717 g/mol. The third-order valence-corrected chi connectivity index (χ3v) is 7.67. The molecule has 3 aromatic rings. The number of alkyl halides is 5. The fourth-order valence-corrected chi connectivity index (χ4v) is 4.78. The maximum absolute atomic E-state index is 14.8. The van der Waals surface area contributed by atoms with E-state index in [0.29, 0.717) is 16.9 Å². The third kappa shape index (κ3) is 11.2. The standard InChI is InChI=1S/C33H32Cl2F5N3O5/c1-19(2)28(29(45)33(39,40)31(47)41-18-32(36,37)38)43-30(46)25(15-20-9-5-3-6-10-20)42-27(44)17-26(48-22-11-7-4-8-12-22)21-13-14-23(34)24(35)16-21/h3-14,16,19,25-26,28H,15,17-18H2,1-2H3,(H,41,47)(H,42,44)(H,43,46)/t25-,26?,28-/m0/s1. The molecule has 0 aliphatic heterocycles. The SMILES string of the molecule is CC(C)[C@H](NC(=O)[C@H](Cc1ccccc1)NC(=O)CC(Oc1ccccc1)c1ccc(Cl)c(Cl)c1)C(=O)C(F)(F)C(=O)NCC(F)(F)F. The van der Waals surface area contributed by atoms with E-state index in [9.17, 15) is 41.1 Å². The Bertz CT molecular complexity index is 1580. The second kappa shape index (κ2) is 16.7. The molecular formula is C33H32Cl2F5N3O5. The van der Waals surface area contributed by atoms with Gasteiger partial charge in [0.2, 0.25) is 17.6 Å². The fourth-order valence-electron chi connectivity index (χ4n) is 4.47. The molecule has 0 aliphatic rings. The van der Waals surface area contributed by atoms with Crippen molar-refractivity contribution in [1.82, 2.24) is 16.0 Å². The number of rotatable bonds is 15. The summed E-state index contributed by atoms with van der Waals surface area (Å²) >= 11 is 12.3. The van der Waals surface area contributed by atoms with Gasteiger partial charge in [-0.05, 0) is 41.3 Å². The molecule has 15 heteroatoms. The highest BCUT2D eigenvalue weighted by Gasteiger charge is 2.52. The molecule has 0 bridgehead atoms. The number of Topliss-reactive ketones (excluding diaryl/α,β-unsaturated/α-hetero) is 1. The smallest absolute Gasteiger partial charge is 0.405 e. The van der Waals surface area contributed by atoms with Gasteiger partial charge in [0.25, 0.3) is 5.91 Å². The van der Waals surface area contributed by atoms with Gasteiger partial charge < -0.3 is 20.7 Å². The van der Waals surface area contributed by atoms with Crippen LogP contribution in [-0.4, -0.2) is 54.2 Å². The predicted octanol–water partition coefficient (Wildman–Crippen LogP) is 6.25. The molecule has 258 valence electrons. The summed E-state index contributed by atoms with van der Waals surface area (Å²) in [5, 5.41) is 6.19. The zero-order valence-electron chi connectivity index (χ0n) is 25.6. The summed E-state index contributed by atoms with van der Waals surface area (Å²) in [7, 11) is 0. The number of benzene rings is 3. The fraction of sp³-hybridized carbons (Fsp3) is 0.333. The Hall–Kier alpha value is -4.23. The largest absolute Gasteiger partial charge is 0.485 e. The van der Waals surface area contributed by atoms with Crippen LogP contribution in [0.25, 0.3) is 0 Å². The Labute approximate surface area is 283 Å². The first-order chi connectivity index (χ1) is 22.5. The first kappa shape index (κ1) is 38.2. The van der Waals surface area contributed by atoms with E-state index in [1.807, 2.05) is 0 Å². The number of nitrogens with one attached hydrogen (secondary N) is 3. The maximum Gasteiger partial charge on any atom is 0.405 e. The number of ketones is 1. The monoisotopic (exact) mass is 715 g/mol. The molecule has 0 radical (unpaired) electrons. The van der Waals surface area contributed by atoms with Crippen molar-refractivity contribution in [2.75, 3.05) is 6.54 Å². The van der Waals surface area contributed by atoms with E-state index in [1.165, 1.54) is 26.0 Å². The number of carbonyl (C=O) groups excluding carboxylic acids is 4. The molecule has 3 N–H and O–H groups in total. The van der Waals surface area contributed by atoms with Gasteiger partial charge in [-0.3, -0.25) is 19.2 Å². The molecule has 0 fully saturated rings. The van der Waals surface area contributed by atoms with E-state index in [1.54, 1.807) is 66.7 Å². The summed E-state index contributed by atoms with van der Waals surface area (Å²) in [6.45, 7) is 0.496. The Balaban J connectivity index is 1.85. The first-order valence-corrected chi connectivity index (χ1v) is 15.3. The lowest BCUT2D eigenvalue weighted by atomic mass is 9.94. The molecule has 48 heavy (non-hydrogen) atoms. The third-order valence-electron chi connectivity index (χ3n) is 6.93. The van der Waals surface area contributed by atoms with Crippen molar-refractivity contribution in [3.63, 3.8) is 0 Å². The van der Waals surface area contributed by atoms with Crippen molar-refractivity contribution < 1.29 is 45.9 Å².